The Morgan fingerprint density at radius 2 is 2.11 bits per heavy atom. The maximum absolute atomic E-state index is 12.3. The summed E-state index contributed by atoms with van der Waals surface area (Å²) in [5.74, 6) is -0.854. The SMILES string of the molecule is FC(F)(F)CSc1ccccc1NCC1CCCN1. The van der Waals surface area contributed by atoms with E-state index in [1.807, 2.05) is 12.1 Å². The molecule has 2 N–H and O–H groups in total. The van der Waals surface area contributed by atoms with E-state index in [1.54, 1.807) is 12.1 Å². The lowest BCUT2D eigenvalue weighted by molar-refractivity contribution is -0.105. The molecular weight excluding hydrogens is 273 g/mol. The van der Waals surface area contributed by atoms with Gasteiger partial charge in [-0.05, 0) is 31.5 Å². The zero-order valence-corrected chi connectivity index (χ0v) is 11.3. The van der Waals surface area contributed by atoms with Crippen LogP contribution in [0.2, 0.25) is 0 Å². The first-order valence-corrected chi connectivity index (χ1v) is 7.29. The summed E-state index contributed by atoms with van der Waals surface area (Å²) in [6, 6.07) is 7.56. The molecule has 1 heterocycles. The summed E-state index contributed by atoms with van der Waals surface area (Å²) in [6.45, 7) is 1.78. The highest BCUT2D eigenvalue weighted by molar-refractivity contribution is 7.99. The second kappa shape index (κ2) is 6.52. The standard InChI is InChI=1S/C13H17F3N2S/c14-13(15,16)9-19-12-6-2-1-5-11(12)18-8-10-4-3-7-17-10/h1-2,5-6,10,17-18H,3-4,7-9H2. The van der Waals surface area contributed by atoms with Crippen LogP contribution in [0, 0.1) is 0 Å². The summed E-state index contributed by atoms with van der Waals surface area (Å²) in [7, 11) is 0. The van der Waals surface area contributed by atoms with E-state index in [1.165, 1.54) is 0 Å². The summed E-state index contributed by atoms with van der Waals surface area (Å²) in [5, 5.41) is 6.59. The van der Waals surface area contributed by atoms with Crippen LogP contribution in [-0.2, 0) is 0 Å². The third-order valence-corrected chi connectivity index (χ3v) is 4.12. The van der Waals surface area contributed by atoms with Crippen molar-refractivity contribution in [3.8, 4) is 0 Å². The zero-order chi connectivity index (χ0) is 13.7. The van der Waals surface area contributed by atoms with Gasteiger partial charge in [0, 0.05) is 23.2 Å². The average Bonchev–Trinajstić information content (AvgIpc) is 2.87. The van der Waals surface area contributed by atoms with Crippen LogP contribution < -0.4 is 10.6 Å². The van der Waals surface area contributed by atoms with Crippen LogP contribution in [-0.4, -0.2) is 31.1 Å². The summed E-state index contributed by atoms with van der Waals surface area (Å²) >= 11 is 0.829. The number of para-hydroxylation sites is 1. The van der Waals surface area contributed by atoms with Gasteiger partial charge in [-0.3, -0.25) is 0 Å². The van der Waals surface area contributed by atoms with Crippen molar-refractivity contribution in [2.45, 2.75) is 30.0 Å². The Morgan fingerprint density at radius 1 is 1.32 bits per heavy atom. The molecule has 1 aromatic carbocycles. The molecule has 0 saturated carbocycles. The molecule has 1 atom stereocenters. The fraction of sp³-hybridized carbons (Fsp3) is 0.538. The van der Waals surface area contributed by atoms with Crippen LogP contribution >= 0.6 is 11.8 Å². The Bertz CT molecular complexity index is 403. The van der Waals surface area contributed by atoms with E-state index >= 15 is 0 Å². The highest BCUT2D eigenvalue weighted by atomic mass is 32.2. The topological polar surface area (TPSA) is 24.1 Å². The van der Waals surface area contributed by atoms with E-state index in [9.17, 15) is 13.2 Å². The van der Waals surface area contributed by atoms with Gasteiger partial charge in [-0.1, -0.05) is 12.1 Å². The van der Waals surface area contributed by atoms with Gasteiger partial charge in [0.15, 0.2) is 0 Å². The molecule has 0 aliphatic carbocycles. The van der Waals surface area contributed by atoms with Gasteiger partial charge in [0.2, 0.25) is 0 Å². The minimum absolute atomic E-state index is 0.417. The molecule has 1 saturated heterocycles. The smallest absolute Gasteiger partial charge is 0.383 e. The molecule has 1 aromatic rings. The Labute approximate surface area is 115 Å². The van der Waals surface area contributed by atoms with E-state index < -0.39 is 11.9 Å². The van der Waals surface area contributed by atoms with E-state index in [4.69, 9.17) is 0 Å². The molecule has 1 fully saturated rings. The van der Waals surface area contributed by atoms with Crippen molar-refractivity contribution < 1.29 is 13.2 Å². The van der Waals surface area contributed by atoms with Crippen molar-refractivity contribution in [3.63, 3.8) is 0 Å². The van der Waals surface area contributed by atoms with E-state index in [0.717, 1.165) is 43.4 Å². The number of rotatable bonds is 5. The van der Waals surface area contributed by atoms with Crippen LogP contribution in [0.4, 0.5) is 18.9 Å². The molecule has 0 spiro atoms. The first-order valence-electron chi connectivity index (χ1n) is 6.30. The number of halogens is 3. The summed E-state index contributed by atoms with van der Waals surface area (Å²) in [6.07, 6.45) is -1.85. The molecular formula is C13H17F3N2S. The Hall–Kier alpha value is -0.880. The Kier molecular flexibility index (Phi) is 4.99. The quantitative estimate of drug-likeness (QED) is 0.812. The van der Waals surface area contributed by atoms with Crippen molar-refractivity contribution in [2.24, 2.45) is 0 Å². The lowest BCUT2D eigenvalue weighted by Crippen LogP contribution is -2.29. The number of nitrogens with one attached hydrogen (secondary N) is 2. The molecule has 0 bridgehead atoms. The first kappa shape index (κ1) is 14.5. The number of thioether (sulfide) groups is 1. The van der Waals surface area contributed by atoms with Gasteiger partial charge in [0.25, 0.3) is 0 Å². The molecule has 1 aliphatic heterocycles. The van der Waals surface area contributed by atoms with Gasteiger partial charge in [0.05, 0.1) is 5.75 Å². The number of hydrogen-bond donors (Lipinski definition) is 2. The van der Waals surface area contributed by atoms with Gasteiger partial charge < -0.3 is 10.6 Å². The van der Waals surface area contributed by atoms with Crippen LogP contribution in [0.15, 0.2) is 29.2 Å². The normalized spacial score (nSPS) is 19.6. The fourth-order valence-electron chi connectivity index (χ4n) is 2.06. The van der Waals surface area contributed by atoms with Crippen LogP contribution in [0.3, 0.4) is 0 Å². The Morgan fingerprint density at radius 3 is 2.79 bits per heavy atom. The highest BCUT2D eigenvalue weighted by Gasteiger charge is 2.27. The summed E-state index contributed by atoms with van der Waals surface area (Å²) < 4.78 is 36.8. The van der Waals surface area contributed by atoms with E-state index in [-0.39, 0.29) is 0 Å². The highest BCUT2D eigenvalue weighted by Crippen LogP contribution is 2.32. The first-order chi connectivity index (χ1) is 9.04. The maximum Gasteiger partial charge on any atom is 0.398 e. The molecule has 6 heteroatoms. The molecule has 1 aliphatic rings. The maximum atomic E-state index is 12.3. The van der Waals surface area contributed by atoms with Gasteiger partial charge in [-0.2, -0.15) is 13.2 Å². The van der Waals surface area contributed by atoms with Crippen molar-refractivity contribution in [1.82, 2.24) is 5.32 Å². The summed E-state index contributed by atoms with van der Waals surface area (Å²) in [5.41, 5.74) is 0.783. The van der Waals surface area contributed by atoms with E-state index in [0.29, 0.717) is 10.9 Å². The number of anilines is 1. The van der Waals surface area contributed by atoms with Gasteiger partial charge in [0.1, 0.15) is 0 Å². The predicted octanol–water partition coefficient (Wildman–Crippen LogP) is 3.50. The molecule has 2 rings (SSSR count). The zero-order valence-electron chi connectivity index (χ0n) is 10.5. The third kappa shape index (κ3) is 4.95. The lowest BCUT2D eigenvalue weighted by Gasteiger charge is -2.15. The van der Waals surface area contributed by atoms with Gasteiger partial charge in [-0.25, -0.2) is 0 Å². The van der Waals surface area contributed by atoms with Crippen molar-refractivity contribution in [2.75, 3.05) is 24.2 Å². The number of alkyl halides is 3. The minimum Gasteiger partial charge on any atom is -0.383 e. The number of benzene rings is 1. The third-order valence-electron chi connectivity index (χ3n) is 2.98. The fourth-order valence-corrected chi connectivity index (χ4v) is 2.85. The molecule has 1 unspecified atom stereocenters. The lowest BCUT2D eigenvalue weighted by atomic mass is 10.2. The van der Waals surface area contributed by atoms with Crippen molar-refractivity contribution in [3.05, 3.63) is 24.3 Å². The Balaban J connectivity index is 1.91. The molecule has 0 aromatic heterocycles. The van der Waals surface area contributed by atoms with Gasteiger partial charge >= 0.3 is 6.18 Å². The predicted molar refractivity (Wildman–Crippen MR) is 72.7 cm³/mol. The van der Waals surface area contributed by atoms with Crippen molar-refractivity contribution >= 4 is 17.4 Å². The molecule has 106 valence electrons. The van der Waals surface area contributed by atoms with Gasteiger partial charge in [-0.15, -0.1) is 11.8 Å². The molecule has 2 nitrogen and oxygen atoms in total. The minimum atomic E-state index is -4.13. The van der Waals surface area contributed by atoms with Crippen LogP contribution in [0.5, 0.6) is 0 Å². The van der Waals surface area contributed by atoms with Crippen LogP contribution in [0.25, 0.3) is 0 Å². The monoisotopic (exact) mass is 290 g/mol. The average molecular weight is 290 g/mol. The second-order valence-corrected chi connectivity index (χ2v) is 5.59. The molecule has 0 amide bonds. The largest absolute Gasteiger partial charge is 0.398 e. The number of hydrogen-bond acceptors (Lipinski definition) is 3. The molecule has 0 radical (unpaired) electrons. The van der Waals surface area contributed by atoms with Crippen molar-refractivity contribution in [1.29, 1.82) is 0 Å². The second-order valence-electron chi connectivity index (χ2n) is 4.57. The van der Waals surface area contributed by atoms with E-state index in [2.05, 4.69) is 10.6 Å². The summed E-state index contributed by atoms with van der Waals surface area (Å²) in [4.78, 5) is 0.651. The molecule has 19 heavy (non-hydrogen) atoms. The van der Waals surface area contributed by atoms with Crippen LogP contribution in [0.1, 0.15) is 12.8 Å².